The fraction of sp³-hybridized carbons (Fsp3) is 0.333. The van der Waals surface area contributed by atoms with Crippen LogP contribution in [0.1, 0.15) is 16.8 Å². The predicted octanol–water partition coefficient (Wildman–Crippen LogP) is 0.739. The second kappa shape index (κ2) is 5.27. The number of nitrogens with two attached hydrogens (primary N) is 2. The Hall–Kier alpha value is -1.75. The molecule has 0 saturated carbocycles. The van der Waals surface area contributed by atoms with Crippen molar-refractivity contribution in [2.75, 3.05) is 6.54 Å². The number of hydrogen-bond donors (Lipinski definition) is 2. The number of alkyl halides is 1. The summed E-state index contributed by atoms with van der Waals surface area (Å²) in [6.45, 7) is 0.579. The quantitative estimate of drug-likeness (QED) is 0.366. The molecule has 4 N–H and O–H groups in total. The van der Waals surface area contributed by atoms with Gasteiger partial charge in [-0.3, -0.25) is 9.80 Å². The van der Waals surface area contributed by atoms with Crippen molar-refractivity contribution in [1.29, 1.82) is 0 Å². The van der Waals surface area contributed by atoms with Gasteiger partial charge >= 0.3 is 0 Å². The number of hydrazone groups is 1. The molecule has 1 saturated heterocycles. The lowest BCUT2D eigenvalue weighted by Crippen LogP contribution is -2.39. The minimum atomic E-state index is -0.504. The number of hydrogen-bond acceptors (Lipinski definition) is 3. The summed E-state index contributed by atoms with van der Waals surface area (Å²) in [7, 11) is 0. The molecule has 0 amide bonds. The molecule has 1 aromatic rings. The molecule has 1 heterocycles. The van der Waals surface area contributed by atoms with Crippen LogP contribution in [-0.4, -0.2) is 34.7 Å². The molecule has 0 radical (unpaired) electrons. The highest BCUT2D eigenvalue weighted by atomic mass is 35.5. The van der Waals surface area contributed by atoms with Crippen molar-refractivity contribution in [2.24, 2.45) is 16.6 Å². The lowest BCUT2D eigenvalue weighted by Gasteiger charge is -2.22. The van der Waals surface area contributed by atoms with Crippen molar-refractivity contribution >= 4 is 23.3 Å². The Kier molecular flexibility index (Phi) is 3.72. The van der Waals surface area contributed by atoms with Gasteiger partial charge in [0.05, 0.1) is 5.38 Å². The lowest BCUT2D eigenvalue weighted by atomic mass is 10.0. The van der Waals surface area contributed by atoms with E-state index in [9.17, 15) is 4.79 Å². The third-order valence-electron chi connectivity index (χ3n) is 2.87. The number of guanidine groups is 1. The van der Waals surface area contributed by atoms with Crippen LogP contribution in [0.4, 0.5) is 0 Å². The molecule has 1 aliphatic rings. The Labute approximate surface area is 110 Å². The third kappa shape index (κ3) is 2.56. The van der Waals surface area contributed by atoms with E-state index < -0.39 is 6.04 Å². The Balaban J connectivity index is 2.24. The average molecular weight is 267 g/mol. The summed E-state index contributed by atoms with van der Waals surface area (Å²) in [4.78, 5) is 12.4. The molecule has 0 aromatic heterocycles. The average Bonchev–Trinajstić information content (AvgIpc) is 2.70. The van der Waals surface area contributed by atoms with E-state index in [4.69, 9.17) is 23.1 Å². The zero-order chi connectivity index (χ0) is 13.1. The first-order valence-corrected chi connectivity index (χ1v) is 6.13. The van der Waals surface area contributed by atoms with Crippen LogP contribution < -0.4 is 11.5 Å². The molecule has 96 valence electrons. The summed E-state index contributed by atoms with van der Waals surface area (Å²) in [5.41, 5.74) is 11.3. The van der Waals surface area contributed by atoms with Crippen molar-refractivity contribution < 1.29 is 4.79 Å². The number of rotatable bonds is 3. The molecule has 1 fully saturated rings. The Morgan fingerprint density at radius 3 is 2.61 bits per heavy atom. The third-order valence-corrected chi connectivity index (χ3v) is 3.33. The topological polar surface area (TPSA) is 84.7 Å². The van der Waals surface area contributed by atoms with E-state index in [1.807, 2.05) is 18.2 Å². The summed E-state index contributed by atoms with van der Waals surface area (Å²) < 4.78 is 0. The molecule has 2 unspecified atom stereocenters. The standard InChI is InChI=1S/C12H15ClN4O/c13-9-6-7-17(16-12(14)15)10(9)11(18)8-4-2-1-3-5-8/h1-5,9-10H,6-7H2,(H4,14,15,16). The normalized spacial score (nSPS) is 22.8. The summed E-state index contributed by atoms with van der Waals surface area (Å²) in [5.74, 6) is -0.121. The molecule has 18 heavy (non-hydrogen) atoms. The Morgan fingerprint density at radius 2 is 2.00 bits per heavy atom. The Morgan fingerprint density at radius 1 is 1.33 bits per heavy atom. The van der Waals surface area contributed by atoms with Gasteiger partial charge in [0.25, 0.3) is 0 Å². The number of ketones is 1. The van der Waals surface area contributed by atoms with Crippen LogP contribution in [0.5, 0.6) is 0 Å². The van der Waals surface area contributed by atoms with Crippen molar-refractivity contribution in [2.45, 2.75) is 17.8 Å². The number of carbonyl (C=O) groups excluding carboxylic acids is 1. The van der Waals surface area contributed by atoms with Gasteiger partial charge in [-0.25, -0.2) is 0 Å². The zero-order valence-electron chi connectivity index (χ0n) is 9.79. The number of nitrogens with zero attached hydrogens (tertiary/aromatic N) is 2. The van der Waals surface area contributed by atoms with Crippen LogP contribution in [0.25, 0.3) is 0 Å². The van der Waals surface area contributed by atoms with Crippen LogP contribution in [0.15, 0.2) is 35.4 Å². The summed E-state index contributed by atoms with van der Waals surface area (Å²) in [6, 6.07) is 8.51. The fourth-order valence-corrected chi connectivity index (χ4v) is 2.41. The SMILES string of the molecule is NC(N)=NN1CCC(Cl)C1C(=O)c1ccccc1. The molecule has 5 nitrogen and oxygen atoms in total. The van der Waals surface area contributed by atoms with Gasteiger partial charge in [0.15, 0.2) is 5.78 Å². The zero-order valence-corrected chi connectivity index (χ0v) is 10.5. The van der Waals surface area contributed by atoms with Crippen LogP contribution in [0.2, 0.25) is 0 Å². The van der Waals surface area contributed by atoms with E-state index in [1.165, 1.54) is 0 Å². The van der Waals surface area contributed by atoms with Gasteiger partial charge in [-0.1, -0.05) is 30.3 Å². The maximum Gasteiger partial charge on any atom is 0.208 e. The van der Waals surface area contributed by atoms with Crippen LogP contribution >= 0.6 is 11.6 Å². The smallest absolute Gasteiger partial charge is 0.208 e. The largest absolute Gasteiger partial charge is 0.369 e. The van der Waals surface area contributed by atoms with E-state index in [1.54, 1.807) is 17.1 Å². The van der Waals surface area contributed by atoms with Crippen LogP contribution in [0.3, 0.4) is 0 Å². The molecular formula is C12H15ClN4O. The van der Waals surface area contributed by atoms with E-state index >= 15 is 0 Å². The van der Waals surface area contributed by atoms with Crippen molar-refractivity contribution in [3.05, 3.63) is 35.9 Å². The highest BCUT2D eigenvalue weighted by Crippen LogP contribution is 2.26. The van der Waals surface area contributed by atoms with Gasteiger partial charge in [-0.2, -0.15) is 0 Å². The molecule has 0 bridgehead atoms. The van der Waals surface area contributed by atoms with Gasteiger partial charge in [-0.15, -0.1) is 16.7 Å². The first-order chi connectivity index (χ1) is 8.59. The van der Waals surface area contributed by atoms with Crippen LogP contribution in [-0.2, 0) is 0 Å². The van der Waals surface area contributed by atoms with Gasteiger partial charge < -0.3 is 11.5 Å². The van der Waals surface area contributed by atoms with E-state index in [0.717, 1.165) is 0 Å². The van der Waals surface area contributed by atoms with E-state index in [2.05, 4.69) is 5.10 Å². The maximum atomic E-state index is 12.4. The molecule has 1 aromatic carbocycles. The second-order valence-electron chi connectivity index (χ2n) is 4.17. The molecule has 0 aliphatic carbocycles. The summed E-state index contributed by atoms with van der Waals surface area (Å²) >= 11 is 6.19. The first-order valence-electron chi connectivity index (χ1n) is 5.69. The van der Waals surface area contributed by atoms with Crippen molar-refractivity contribution in [3.63, 3.8) is 0 Å². The lowest BCUT2D eigenvalue weighted by molar-refractivity contribution is 0.0874. The molecule has 6 heteroatoms. The monoisotopic (exact) mass is 266 g/mol. The maximum absolute atomic E-state index is 12.4. The second-order valence-corrected chi connectivity index (χ2v) is 4.73. The Bertz CT molecular complexity index is 458. The van der Waals surface area contributed by atoms with E-state index in [-0.39, 0.29) is 17.1 Å². The van der Waals surface area contributed by atoms with E-state index in [0.29, 0.717) is 18.5 Å². The number of halogens is 1. The summed E-state index contributed by atoms with van der Waals surface area (Å²) in [5, 5.41) is 5.25. The predicted molar refractivity (Wildman–Crippen MR) is 71.3 cm³/mol. The summed E-state index contributed by atoms with van der Waals surface area (Å²) in [6.07, 6.45) is 0.682. The molecular weight excluding hydrogens is 252 g/mol. The number of Topliss-reactive ketones (excluding diaryl/α,β-unsaturated/α-hetero) is 1. The number of benzene rings is 1. The molecule has 2 rings (SSSR count). The molecule has 0 spiro atoms. The van der Waals surface area contributed by atoms with Gasteiger partial charge in [0.2, 0.25) is 5.96 Å². The highest BCUT2D eigenvalue weighted by molar-refractivity contribution is 6.24. The minimum Gasteiger partial charge on any atom is -0.369 e. The van der Waals surface area contributed by atoms with Gasteiger partial charge in [0, 0.05) is 12.1 Å². The van der Waals surface area contributed by atoms with Gasteiger partial charge in [-0.05, 0) is 6.42 Å². The van der Waals surface area contributed by atoms with Crippen LogP contribution in [0, 0.1) is 0 Å². The van der Waals surface area contributed by atoms with Gasteiger partial charge in [0.1, 0.15) is 6.04 Å². The number of carbonyl (C=O) groups is 1. The van der Waals surface area contributed by atoms with Crippen molar-refractivity contribution in [3.8, 4) is 0 Å². The van der Waals surface area contributed by atoms with Crippen molar-refractivity contribution in [1.82, 2.24) is 5.01 Å². The minimum absolute atomic E-state index is 0.0573. The first kappa shape index (κ1) is 12.7. The molecule has 2 atom stereocenters. The fourth-order valence-electron chi connectivity index (χ4n) is 2.07. The molecule has 1 aliphatic heterocycles. The highest BCUT2D eigenvalue weighted by Gasteiger charge is 2.38.